The Morgan fingerprint density at radius 3 is 2.74 bits per heavy atom. The monoisotopic (exact) mass is 375 g/mol. The minimum atomic E-state index is -0.599. The normalized spacial score (nSPS) is 24.5. The molecule has 0 aromatic heterocycles. The van der Waals surface area contributed by atoms with E-state index in [9.17, 15) is 14.7 Å². The molecular weight excluding hydrogens is 350 g/mol. The number of ether oxygens (including phenoxy) is 1. The van der Waals surface area contributed by atoms with E-state index < -0.39 is 24.3 Å². The zero-order valence-electron chi connectivity index (χ0n) is 15.5. The van der Waals surface area contributed by atoms with Gasteiger partial charge in [0, 0.05) is 13.6 Å². The van der Waals surface area contributed by atoms with Crippen LogP contribution in [0.5, 0.6) is 5.75 Å². The third-order valence-electron chi connectivity index (χ3n) is 4.48. The SMILES string of the molecule is CC(O)CN=C1NC2C(C(=O)NC(=O)N2C)N1CCCOc1ccccc1. The van der Waals surface area contributed by atoms with Crippen LogP contribution < -0.4 is 15.4 Å². The number of nitrogens with zero attached hydrogens (tertiary/aromatic N) is 3. The maximum atomic E-state index is 12.4. The van der Waals surface area contributed by atoms with Gasteiger partial charge in [0.1, 0.15) is 11.9 Å². The van der Waals surface area contributed by atoms with Crippen molar-refractivity contribution in [3.05, 3.63) is 30.3 Å². The van der Waals surface area contributed by atoms with Gasteiger partial charge < -0.3 is 25.0 Å². The van der Waals surface area contributed by atoms with Gasteiger partial charge in [-0.25, -0.2) is 4.79 Å². The minimum Gasteiger partial charge on any atom is -0.494 e. The van der Waals surface area contributed by atoms with Crippen LogP contribution in [0.1, 0.15) is 13.3 Å². The number of guanidine groups is 1. The van der Waals surface area contributed by atoms with Gasteiger partial charge in [0.05, 0.1) is 19.3 Å². The van der Waals surface area contributed by atoms with Gasteiger partial charge in [-0.1, -0.05) is 18.2 Å². The molecule has 2 fully saturated rings. The number of aliphatic hydroxyl groups is 1. The Hall–Kier alpha value is -2.81. The summed E-state index contributed by atoms with van der Waals surface area (Å²) in [5.74, 6) is 0.933. The topological polar surface area (TPSA) is 106 Å². The Morgan fingerprint density at radius 2 is 2.04 bits per heavy atom. The maximum Gasteiger partial charge on any atom is 0.325 e. The van der Waals surface area contributed by atoms with E-state index in [1.54, 1.807) is 14.0 Å². The number of urea groups is 1. The van der Waals surface area contributed by atoms with Crippen LogP contribution in [-0.4, -0.2) is 77.9 Å². The highest BCUT2D eigenvalue weighted by Gasteiger charge is 2.49. The molecule has 0 spiro atoms. The molecule has 9 nitrogen and oxygen atoms in total. The molecule has 3 rings (SSSR count). The number of carbonyl (C=O) groups excluding carboxylic acids is 2. The number of aliphatic hydroxyl groups excluding tert-OH is 1. The zero-order valence-corrected chi connectivity index (χ0v) is 15.5. The van der Waals surface area contributed by atoms with E-state index in [-0.39, 0.29) is 12.5 Å². The average Bonchev–Trinajstić information content (AvgIpc) is 3.02. The van der Waals surface area contributed by atoms with Crippen LogP contribution in [0, 0.1) is 0 Å². The largest absolute Gasteiger partial charge is 0.494 e. The van der Waals surface area contributed by atoms with Crippen LogP contribution in [0.3, 0.4) is 0 Å². The number of carbonyl (C=O) groups is 2. The Kier molecular flexibility index (Phi) is 5.80. The van der Waals surface area contributed by atoms with E-state index in [0.29, 0.717) is 25.5 Å². The van der Waals surface area contributed by atoms with Crippen molar-refractivity contribution < 1.29 is 19.4 Å². The van der Waals surface area contributed by atoms with Crippen molar-refractivity contribution in [2.45, 2.75) is 31.7 Å². The summed E-state index contributed by atoms with van der Waals surface area (Å²) in [4.78, 5) is 31.9. The summed E-state index contributed by atoms with van der Waals surface area (Å²) >= 11 is 0. The first kappa shape index (κ1) is 19.0. The Bertz CT molecular complexity index is 709. The fourth-order valence-corrected chi connectivity index (χ4v) is 3.13. The number of amides is 3. The van der Waals surface area contributed by atoms with Crippen LogP contribution in [0.15, 0.2) is 35.3 Å². The molecule has 146 valence electrons. The predicted molar refractivity (Wildman–Crippen MR) is 99.3 cm³/mol. The van der Waals surface area contributed by atoms with Crippen molar-refractivity contribution >= 4 is 17.9 Å². The summed E-state index contributed by atoms with van der Waals surface area (Å²) in [5.41, 5.74) is 0. The number of imide groups is 1. The van der Waals surface area contributed by atoms with Crippen LogP contribution in [0.4, 0.5) is 4.79 Å². The molecule has 0 aliphatic carbocycles. The fraction of sp³-hybridized carbons (Fsp3) is 0.500. The molecule has 3 unspecified atom stereocenters. The summed E-state index contributed by atoms with van der Waals surface area (Å²) in [6, 6.07) is 8.49. The maximum absolute atomic E-state index is 12.4. The number of hydrogen-bond acceptors (Lipinski definition) is 5. The molecular formula is C18H25N5O4. The summed E-state index contributed by atoms with van der Waals surface area (Å²) < 4.78 is 5.71. The Labute approximate surface area is 158 Å². The Morgan fingerprint density at radius 1 is 1.30 bits per heavy atom. The summed E-state index contributed by atoms with van der Waals surface area (Å²) in [6.45, 7) is 2.86. The number of aliphatic imine (C=N–C) groups is 1. The lowest BCUT2D eigenvalue weighted by Crippen LogP contribution is -2.64. The molecule has 0 radical (unpaired) electrons. The lowest BCUT2D eigenvalue weighted by molar-refractivity contribution is -0.127. The van der Waals surface area contributed by atoms with Crippen LogP contribution >= 0.6 is 0 Å². The Balaban J connectivity index is 1.67. The van der Waals surface area contributed by atoms with E-state index in [4.69, 9.17) is 4.74 Å². The first-order chi connectivity index (χ1) is 13.0. The van der Waals surface area contributed by atoms with E-state index >= 15 is 0 Å². The van der Waals surface area contributed by atoms with E-state index in [2.05, 4.69) is 15.6 Å². The van der Waals surface area contributed by atoms with Crippen molar-refractivity contribution in [1.29, 1.82) is 0 Å². The first-order valence-electron chi connectivity index (χ1n) is 8.98. The smallest absolute Gasteiger partial charge is 0.325 e. The van der Waals surface area contributed by atoms with Crippen molar-refractivity contribution in [1.82, 2.24) is 20.4 Å². The summed E-state index contributed by atoms with van der Waals surface area (Å²) in [7, 11) is 1.63. The van der Waals surface area contributed by atoms with Crippen LogP contribution in [0.2, 0.25) is 0 Å². The number of rotatable bonds is 7. The molecule has 0 bridgehead atoms. The molecule has 2 heterocycles. The van der Waals surface area contributed by atoms with Crippen molar-refractivity contribution in [2.24, 2.45) is 4.99 Å². The second kappa shape index (κ2) is 8.26. The fourth-order valence-electron chi connectivity index (χ4n) is 3.13. The highest BCUT2D eigenvalue weighted by atomic mass is 16.5. The molecule has 2 aliphatic rings. The van der Waals surface area contributed by atoms with Gasteiger partial charge in [0.25, 0.3) is 5.91 Å². The van der Waals surface area contributed by atoms with Gasteiger partial charge in [0.15, 0.2) is 12.0 Å². The molecule has 27 heavy (non-hydrogen) atoms. The highest BCUT2D eigenvalue weighted by Crippen LogP contribution is 2.21. The molecule has 1 aromatic rings. The summed E-state index contributed by atoms with van der Waals surface area (Å²) in [6.07, 6.45) is -0.425. The van der Waals surface area contributed by atoms with Gasteiger partial charge in [0.2, 0.25) is 0 Å². The van der Waals surface area contributed by atoms with Crippen LogP contribution in [0.25, 0.3) is 0 Å². The van der Waals surface area contributed by atoms with Crippen molar-refractivity contribution in [3.63, 3.8) is 0 Å². The quantitative estimate of drug-likeness (QED) is 0.578. The highest BCUT2D eigenvalue weighted by molar-refractivity contribution is 6.04. The lowest BCUT2D eigenvalue weighted by Gasteiger charge is -2.35. The number of nitrogens with one attached hydrogen (secondary N) is 2. The zero-order chi connectivity index (χ0) is 19.4. The molecule has 3 atom stereocenters. The number of hydrogen-bond donors (Lipinski definition) is 3. The first-order valence-corrected chi connectivity index (χ1v) is 8.98. The van der Waals surface area contributed by atoms with Gasteiger partial charge in [-0.2, -0.15) is 0 Å². The third kappa shape index (κ3) is 4.30. The van der Waals surface area contributed by atoms with E-state index in [1.807, 2.05) is 35.2 Å². The molecule has 3 amide bonds. The third-order valence-corrected chi connectivity index (χ3v) is 4.48. The van der Waals surface area contributed by atoms with E-state index in [0.717, 1.165) is 5.75 Å². The molecule has 1 aromatic carbocycles. The average molecular weight is 375 g/mol. The van der Waals surface area contributed by atoms with Gasteiger partial charge in [-0.15, -0.1) is 0 Å². The van der Waals surface area contributed by atoms with Gasteiger partial charge in [-0.05, 0) is 25.5 Å². The number of fused-ring (bicyclic) bond motifs is 1. The summed E-state index contributed by atoms with van der Waals surface area (Å²) in [5, 5.41) is 15.0. The number of likely N-dealkylation sites (N-methyl/N-ethyl adjacent to an activating group) is 1. The second-order valence-electron chi connectivity index (χ2n) is 6.66. The standard InChI is InChI=1S/C18H25N5O4/c1-12(24)11-19-17-20-15-14(16(25)21-18(26)22(15)2)23(17)9-6-10-27-13-7-4-3-5-8-13/h3-5,7-8,12,14-15,24H,6,9-11H2,1-2H3,(H,19,20)(H,21,25,26). The molecule has 0 saturated carbocycles. The van der Waals surface area contributed by atoms with Gasteiger partial charge in [-0.3, -0.25) is 15.1 Å². The predicted octanol–water partition coefficient (Wildman–Crippen LogP) is -0.0262. The molecule has 2 aliphatic heterocycles. The van der Waals surface area contributed by atoms with E-state index in [1.165, 1.54) is 4.90 Å². The van der Waals surface area contributed by atoms with Crippen molar-refractivity contribution in [2.75, 3.05) is 26.7 Å². The van der Waals surface area contributed by atoms with Crippen LogP contribution in [-0.2, 0) is 4.79 Å². The van der Waals surface area contributed by atoms with Gasteiger partial charge >= 0.3 is 6.03 Å². The molecule has 3 N–H and O–H groups in total. The molecule has 9 heteroatoms. The second-order valence-corrected chi connectivity index (χ2v) is 6.66. The molecule has 2 saturated heterocycles. The number of para-hydroxylation sites is 1. The lowest BCUT2D eigenvalue weighted by atomic mass is 10.1. The number of benzene rings is 1. The van der Waals surface area contributed by atoms with Crippen molar-refractivity contribution in [3.8, 4) is 5.75 Å². The minimum absolute atomic E-state index is 0.206.